The van der Waals surface area contributed by atoms with E-state index in [1.807, 2.05) is 12.1 Å². The zero-order valence-electron chi connectivity index (χ0n) is 8.16. The Morgan fingerprint density at radius 2 is 2.00 bits per heavy atom. The summed E-state index contributed by atoms with van der Waals surface area (Å²) in [6, 6.07) is 8.58. The molecule has 1 aromatic rings. The topological polar surface area (TPSA) is 12.5 Å². The van der Waals surface area contributed by atoms with Gasteiger partial charge >= 0.3 is 0 Å². The summed E-state index contributed by atoms with van der Waals surface area (Å²) in [5.74, 6) is 0. The lowest BCUT2D eigenvalue weighted by Crippen LogP contribution is -2.10. The maximum absolute atomic E-state index is 5.62. The molecule has 1 aliphatic rings. The van der Waals surface area contributed by atoms with E-state index in [1.165, 1.54) is 11.1 Å². The summed E-state index contributed by atoms with van der Waals surface area (Å²) in [4.78, 5) is 5.62. The van der Waals surface area contributed by atoms with Crippen molar-refractivity contribution in [3.63, 3.8) is 0 Å². The number of hydrogen-bond donors (Lipinski definition) is 0. The van der Waals surface area contributed by atoms with E-state index in [4.69, 9.17) is 4.84 Å². The maximum Gasteiger partial charge on any atom is 0.106 e. The van der Waals surface area contributed by atoms with Gasteiger partial charge in [-0.25, -0.2) is 0 Å². The molecule has 0 aliphatic carbocycles. The van der Waals surface area contributed by atoms with E-state index in [2.05, 4.69) is 31.2 Å². The van der Waals surface area contributed by atoms with Crippen LogP contribution in [-0.4, -0.2) is 18.7 Å². The van der Waals surface area contributed by atoms with Crippen molar-refractivity contribution in [1.82, 2.24) is 5.06 Å². The minimum Gasteiger partial charge on any atom is -0.291 e. The van der Waals surface area contributed by atoms with Crippen LogP contribution in [0.25, 0.3) is 0 Å². The molecule has 0 amide bonds. The third-order valence-corrected chi connectivity index (χ3v) is 2.46. The molecule has 0 aromatic heterocycles. The zero-order valence-corrected chi connectivity index (χ0v) is 8.16. The second-order valence-corrected chi connectivity index (χ2v) is 3.64. The minimum atomic E-state index is 0.269. The van der Waals surface area contributed by atoms with Crippen LogP contribution in [0, 0.1) is 6.92 Å². The maximum atomic E-state index is 5.62. The summed E-state index contributed by atoms with van der Waals surface area (Å²) in [6.07, 6.45) is 1.37. The van der Waals surface area contributed by atoms with E-state index in [9.17, 15) is 0 Å². The largest absolute Gasteiger partial charge is 0.291 e. The number of rotatable bonds is 1. The van der Waals surface area contributed by atoms with Gasteiger partial charge in [-0.05, 0) is 18.9 Å². The number of hydroxylamine groups is 2. The minimum absolute atomic E-state index is 0.269. The van der Waals surface area contributed by atoms with Crippen LogP contribution in [-0.2, 0) is 4.84 Å². The first-order valence-electron chi connectivity index (χ1n) is 4.70. The van der Waals surface area contributed by atoms with Crippen molar-refractivity contribution in [2.75, 3.05) is 13.6 Å². The molecule has 2 rings (SSSR count). The molecule has 1 fully saturated rings. The Morgan fingerprint density at radius 1 is 1.31 bits per heavy atom. The molecule has 1 atom stereocenters. The lowest BCUT2D eigenvalue weighted by molar-refractivity contribution is -0.128. The van der Waals surface area contributed by atoms with Crippen LogP contribution < -0.4 is 0 Å². The number of nitrogens with zero attached hydrogens (tertiary/aromatic N) is 1. The van der Waals surface area contributed by atoms with Crippen molar-refractivity contribution in [1.29, 1.82) is 0 Å². The first-order chi connectivity index (χ1) is 6.25. The predicted octanol–water partition coefficient (Wildman–Crippen LogP) is 2.30. The average Bonchev–Trinajstić information content (AvgIpc) is 2.53. The van der Waals surface area contributed by atoms with E-state index in [-0.39, 0.29) is 6.10 Å². The highest BCUT2D eigenvalue weighted by Gasteiger charge is 2.21. The van der Waals surface area contributed by atoms with E-state index < -0.39 is 0 Å². The van der Waals surface area contributed by atoms with Crippen molar-refractivity contribution in [3.05, 3.63) is 35.4 Å². The second kappa shape index (κ2) is 3.48. The third-order valence-electron chi connectivity index (χ3n) is 2.46. The highest BCUT2D eigenvalue weighted by atomic mass is 16.7. The Bertz CT molecular complexity index is 281. The summed E-state index contributed by atoms with van der Waals surface area (Å²) in [5, 5.41) is 1.91. The van der Waals surface area contributed by atoms with Gasteiger partial charge in [0.1, 0.15) is 6.10 Å². The van der Waals surface area contributed by atoms with Gasteiger partial charge in [-0.15, -0.1) is 0 Å². The van der Waals surface area contributed by atoms with Crippen LogP contribution in [0.3, 0.4) is 0 Å². The van der Waals surface area contributed by atoms with Gasteiger partial charge in [-0.1, -0.05) is 29.8 Å². The van der Waals surface area contributed by atoms with Gasteiger partial charge in [0.25, 0.3) is 0 Å². The smallest absolute Gasteiger partial charge is 0.106 e. The zero-order chi connectivity index (χ0) is 9.26. The molecule has 1 saturated heterocycles. The first-order valence-corrected chi connectivity index (χ1v) is 4.70. The summed E-state index contributed by atoms with van der Waals surface area (Å²) in [5.41, 5.74) is 2.59. The van der Waals surface area contributed by atoms with Crippen LogP contribution >= 0.6 is 0 Å². The molecule has 0 spiro atoms. The molecule has 0 bridgehead atoms. The highest BCUT2D eigenvalue weighted by molar-refractivity contribution is 5.23. The van der Waals surface area contributed by atoms with E-state index in [0.717, 1.165) is 13.0 Å². The Labute approximate surface area is 79.1 Å². The van der Waals surface area contributed by atoms with Gasteiger partial charge in [0.15, 0.2) is 0 Å². The van der Waals surface area contributed by atoms with E-state index in [0.29, 0.717) is 0 Å². The molecule has 70 valence electrons. The molecule has 2 heteroatoms. The van der Waals surface area contributed by atoms with Gasteiger partial charge in [0, 0.05) is 13.6 Å². The van der Waals surface area contributed by atoms with Crippen molar-refractivity contribution in [3.8, 4) is 0 Å². The van der Waals surface area contributed by atoms with Gasteiger partial charge in [-0.3, -0.25) is 4.84 Å². The molecule has 2 nitrogen and oxygen atoms in total. The molecule has 0 N–H and O–H groups in total. The van der Waals surface area contributed by atoms with Crippen LogP contribution in [0.1, 0.15) is 23.7 Å². The molecular formula is C11H15NO. The van der Waals surface area contributed by atoms with E-state index in [1.54, 1.807) is 0 Å². The standard InChI is InChI=1S/C11H15NO/c1-9-3-5-10(6-4-9)11-7-8-12(2)13-11/h3-6,11H,7-8H2,1-2H3. The fourth-order valence-corrected chi connectivity index (χ4v) is 1.63. The summed E-state index contributed by atoms with van der Waals surface area (Å²) < 4.78 is 0. The Balaban J connectivity index is 2.13. The fourth-order valence-electron chi connectivity index (χ4n) is 1.63. The molecule has 0 saturated carbocycles. The molecular weight excluding hydrogens is 162 g/mol. The van der Waals surface area contributed by atoms with Gasteiger partial charge in [0.2, 0.25) is 0 Å². The van der Waals surface area contributed by atoms with Crippen LogP contribution in [0.15, 0.2) is 24.3 Å². The van der Waals surface area contributed by atoms with Crippen LogP contribution in [0.2, 0.25) is 0 Å². The lowest BCUT2D eigenvalue weighted by atomic mass is 10.1. The normalized spacial score (nSPS) is 23.7. The Kier molecular flexibility index (Phi) is 2.34. The highest BCUT2D eigenvalue weighted by Crippen LogP contribution is 2.27. The molecule has 0 radical (unpaired) electrons. The number of aryl methyl sites for hydroxylation is 1. The van der Waals surface area contributed by atoms with Gasteiger partial charge in [0.05, 0.1) is 0 Å². The summed E-state index contributed by atoms with van der Waals surface area (Å²) in [6.45, 7) is 3.13. The van der Waals surface area contributed by atoms with Gasteiger partial charge in [-0.2, -0.15) is 5.06 Å². The van der Waals surface area contributed by atoms with Crippen molar-refractivity contribution < 1.29 is 4.84 Å². The van der Waals surface area contributed by atoms with Crippen molar-refractivity contribution in [2.45, 2.75) is 19.4 Å². The van der Waals surface area contributed by atoms with Crippen molar-refractivity contribution in [2.24, 2.45) is 0 Å². The number of benzene rings is 1. The van der Waals surface area contributed by atoms with Gasteiger partial charge < -0.3 is 0 Å². The molecule has 1 aromatic carbocycles. The predicted molar refractivity (Wildman–Crippen MR) is 52.3 cm³/mol. The van der Waals surface area contributed by atoms with E-state index >= 15 is 0 Å². The molecule has 13 heavy (non-hydrogen) atoms. The first kappa shape index (κ1) is 8.73. The summed E-state index contributed by atoms with van der Waals surface area (Å²) in [7, 11) is 1.98. The SMILES string of the molecule is Cc1ccc(C2CCN(C)O2)cc1. The number of hydrogen-bond acceptors (Lipinski definition) is 2. The Morgan fingerprint density at radius 3 is 2.54 bits per heavy atom. The monoisotopic (exact) mass is 177 g/mol. The Hall–Kier alpha value is -0.860. The second-order valence-electron chi connectivity index (χ2n) is 3.64. The molecule has 1 aliphatic heterocycles. The van der Waals surface area contributed by atoms with Crippen LogP contribution in [0.5, 0.6) is 0 Å². The molecule has 1 heterocycles. The average molecular weight is 177 g/mol. The van der Waals surface area contributed by atoms with Crippen LogP contribution in [0.4, 0.5) is 0 Å². The fraction of sp³-hybridized carbons (Fsp3) is 0.455. The quantitative estimate of drug-likeness (QED) is 0.652. The molecule has 1 unspecified atom stereocenters. The summed E-state index contributed by atoms with van der Waals surface area (Å²) >= 11 is 0. The van der Waals surface area contributed by atoms with Crippen molar-refractivity contribution >= 4 is 0 Å². The third kappa shape index (κ3) is 1.90. The lowest BCUT2D eigenvalue weighted by Gasteiger charge is -2.11.